The van der Waals surface area contributed by atoms with Gasteiger partial charge in [-0.05, 0) is 0 Å². The first kappa shape index (κ1) is 9.19. The van der Waals surface area contributed by atoms with Crippen LogP contribution in [0.3, 0.4) is 0 Å². The molecule has 0 aliphatic heterocycles. The fourth-order valence-corrected chi connectivity index (χ4v) is 0. The van der Waals surface area contributed by atoms with Gasteiger partial charge in [0, 0.05) is 0 Å². The third-order valence-corrected chi connectivity index (χ3v) is 0. The zero-order chi connectivity index (χ0) is 3.58. The van der Waals surface area contributed by atoms with Crippen LogP contribution >= 0.6 is 0 Å². The van der Waals surface area contributed by atoms with Crippen molar-refractivity contribution in [1.29, 1.82) is 0 Å². The van der Waals surface area contributed by atoms with E-state index in [-0.39, 0.29) is 22.4 Å². The normalized spacial score (nSPS) is 5.40. The molecular weight excluding hydrogens is 256 g/mol. The van der Waals surface area contributed by atoms with Crippen molar-refractivity contribution in [2.75, 3.05) is 0 Å². The molecule has 0 unspecified atom stereocenters. The summed E-state index contributed by atoms with van der Waals surface area (Å²) in [4.78, 5) is 0. The maximum absolute atomic E-state index is 8.42. The predicted octanol–water partition coefficient (Wildman–Crippen LogP) is -3.95. The summed E-state index contributed by atoms with van der Waals surface area (Å²) in [6.07, 6.45) is 0. The fraction of sp³-hybridized carbons (Fsp3) is 0. The first-order valence-corrected chi connectivity index (χ1v) is 0.707. The Hall–Kier alpha value is 0.685. The van der Waals surface area contributed by atoms with Crippen LogP contribution in [-0.2, 0) is 22.4 Å². The van der Waals surface area contributed by atoms with E-state index in [0.29, 0.717) is 0 Å². The van der Waals surface area contributed by atoms with Gasteiger partial charge >= 0.3 is 22.4 Å². The van der Waals surface area contributed by atoms with Gasteiger partial charge in [0.2, 0.25) is 0 Å². The van der Waals surface area contributed by atoms with Crippen LogP contribution in [0.5, 0.6) is 0 Å². The minimum absolute atomic E-state index is 0. The van der Waals surface area contributed by atoms with Gasteiger partial charge in [0.25, 0.3) is 0 Å². The second kappa shape index (κ2) is 4.69. The van der Waals surface area contributed by atoms with E-state index in [1.165, 1.54) is 0 Å². The maximum Gasteiger partial charge on any atom is 3.00 e. The summed E-state index contributed by atoms with van der Waals surface area (Å²) >= 11 is 0. The van der Waals surface area contributed by atoms with Crippen molar-refractivity contribution in [3.63, 3.8) is 0 Å². The van der Waals surface area contributed by atoms with Crippen LogP contribution in [0.2, 0.25) is 0 Å². The van der Waals surface area contributed by atoms with Gasteiger partial charge in [0.05, 0.1) is 0 Å². The van der Waals surface area contributed by atoms with Crippen LogP contribution < -0.4 is 15.1 Å². The summed E-state index contributed by atoms with van der Waals surface area (Å²) < 4.78 is 0. The Morgan fingerprint density at radius 1 is 1.00 bits per heavy atom. The monoisotopic (exact) mass is 256 g/mol. The second-order valence-electron chi connectivity index (χ2n) is 0.289. The third kappa shape index (κ3) is 72.0. The van der Waals surface area contributed by atoms with E-state index in [1.807, 2.05) is 0 Å². The Bertz CT molecular complexity index is 11.6. The van der Waals surface area contributed by atoms with Gasteiger partial charge in [-0.15, -0.1) is 0 Å². The van der Waals surface area contributed by atoms with Crippen LogP contribution in [0.4, 0.5) is 0 Å². The van der Waals surface area contributed by atoms with Crippen molar-refractivity contribution in [1.82, 2.24) is 0 Å². The molecule has 0 aliphatic carbocycles. The SMILES string of the molecule is [Au+3].[O-]B([O-])[O-]. The zero-order valence-electron chi connectivity index (χ0n) is 2.10. The Morgan fingerprint density at radius 3 is 1.00 bits per heavy atom. The van der Waals surface area contributed by atoms with Crippen LogP contribution in [0.1, 0.15) is 0 Å². The first-order valence-electron chi connectivity index (χ1n) is 0.707. The van der Waals surface area contributed by atoms with E-state index in [0.717, 1.165) is 0 Å². The molecule has 5 heteroatoms. The molecule has 32 valence electrons. The number of rotatable bonds is 0. The summed E-state index contributed by atoms with van der Waals surface area (Å²) in [6.45, 7) is 0. The molecule has 0 radical (unpaired) electrons. The smallest absolute Gasteiger partial charge is 0.907 e. The Morgan fingerprint density at radius 2 is 1.00 bits per heavy atom. The largest absolute Gasteiger partial charge is 3.00 e. The maximum atomic E-state index is 8.42. The molecule has 0 aliphatic rings. The van der Waals surface area contributed by atoms with E-state index in [1.54, 1.807) is 0 Å². The van der Waals surface area contributed by atoms with E-state index >= 15 is 0 Å². The standard InChI is InChI=1S/Au.BO3/c;2-1(3)4/q+3;-3. The molecule has 0 aromatic rings. The molecule has 0 amide bonds. The molecule has 0 aromatic carbocycles. The molecule has 0 saturated carbocycles. The van der Waals surface area contributed by atoms with Gasteiger partial charge in [0.1, 0.15) is 0 Å². The van der Waals surface area contributed by atoms with Gasteiger partial charge in [-0.2, -0.15) is 0 Å². The molecule has 0 spiro atoms. The molecule has 0 rings (SSSR count). The summed E-state index contributed by atoms with van der Waals surface area (Å²) in [6, 6.07) is 0. The quantitative estimate of drug-likeness (QED) is 0.415. The van der Waals surface area contributed by atoms with Crippen LogP contribution in [-0.4, -0.2) is 7.32 Å². The van der Waals surface area contributed by atoms with Crippen LogP contribution in [0.15, 0.2) is 0 Å². The van der Waals surface area contributed by atoms with Crippen molar-refractivity contribution >= 4 is 7.32 Å². The van der Waals surface area contributed by atoms with E-state index in [4.69, 9.17) is 15.1 Å². The van der Waals surface area contributed by atoms with Crippen molar-refractivity contribution in [2.24, 2.45) is 0 Å². The summed E-state index contributed by atoms with van der Waals surface area (Å²) in [5.74, 6) is 0. The van der Waals surface area contributed by atoms with Gasteiger partial charge in [-0.1, -0.05) is 0 Å². The average molecular weight is 256 g/mol. The minimum Gasteiger partial charge on any atom is -0.907 e. The van der Waals surface area contributed by atoms with Gasteiger partial charge in [-0.25, -0.2) is 0 Å². The minimum atomic E-state index is -2.92. The second-order valence-corrected chi connectivity index (χ2v) is 0.289. The Balaban J connectivity index is 0. The molecule has 0 N–H and O–H groups in total. The van der Waals surface area contributed by atoms with Crippen molar-refractivity contribution in [3.8, 4) is 0 Å². The molecule has 0 heterocycles. The average Bonchev–Trinajstić information content (AvgIpc) is 0.811. The molecule has 3 nitrogen and oxygen atoms in total. The predicted molar refractivity (Wildman–Crippen MR) is 5.75 cm³/mol. The molecule has 0 atom stereocenters. The van der Waals surface area contributed by atoms with Crippen molar-refractivity contribution < 1.29 is 37.5 Å². The molecule has 5 heavy (non-hydrogen) atoms. The van der Waals surface area contributed by atoms with Crippen LogP contribution in [0, 0.1) is 0 Å². The molecule has 0 aromatic heterocycles. The third-order valence-electron chi connectivity index (χ3n) is 0. The fourth-order valence-electron chi connectivity index (χ4n) is 0. The Kier molecular flexibility index (Phi) is 8.61. The molecule has 0 fully saturated rings. The molecular formula is AuBO3. The topological polar surface area (TPSA) is 69.2 Å². The van der Waals surface area contributed by atoms with Crippen molar-refractivity contribution in [3.05, 3.63) is 0 Å². The summed E-state index contributed by atoms with van der Waals surface area (Å²) in [5.41, 5.74) is 0. The zero-order valence-corrected chi connectivity index (χ0v) is 4.27. The summed E-state index contributed by atoms with van der Waals surface area (Å²) in [7, 11) is -2.92. The van der Waals surface area contributed by atoms with Gasteiger partial charge < -0.3 is 15.1 Å². The number of hydrogen-bond donors (Lipinski definition) is 0. The van der Waals surface area contributed by atoms with Crippen molar-refractivity contribution in [2.45, 2.75) is 0 Å². The molecule has 0 saturated heterocycles. The van der Waals surface area contributed by atoms with E-state index < -0.39 is 7.32 Å². The van der Waals surface area contributed by atoms with Gasteiger partial charge in [0.15, 0.2) is 0 Å². The van der Waals surface area contributed by atoms with Gasteiger partial charge in [-0.3, -0.25) is 7.32 Å². The number of hydrogen-bond acceptors (Lipinski definition) is 3. The van der Waals surface area contributed by atoms with E-state index in [9.17, 15) is 0 Å². The van der Waals surface area contributed by atoms with E-state index in [2.05, 4.69) is 0 Å². The Labute approximate surface area is 45.3 Å². The first-order chi connectivity index (χ1) is 1.73. The van der Waals surface area contributed by atoms with Crippen LogP contribution in [0.25, 0.3) is 0 Å². The molecule has 0 bridgehead atoms. The summed E-state index contributed by atoms with van der Waals surface area (Å²) in [5, 5.41) is 25.2.